The lowest BCUT2D eigenvalue weighted by Gasteiger charge is -2.06. The molecule has 0 saturated heterocycles. The molecule has 21 heavy (non-hydrogen) atoms. The molecule has 0 atom stereocenters. The largest absolute Gasteiger partial charge is 0.506 e. The summed E-state index contributed by atoms with van der Waals surface area (Å²) in [4.78, 5) is 0. The van der Waals surface area contributed by atoms with Gasteiger partial charge in [-0.3, -0.25) is 0 Å². The standard InChI is InChI=1S/C6HCl5O.C6H4Cl2O/c7-1-2(8)4(10)6(12)5(11)3(1)9;7-4-1-2-6(9)5(8)3-4/h12H;1-3,9H. The van der Waals surface area contributed by atoms with Gasteiger partial charge in [-0.1, -0.05) is 81.2 Å². The summed E-state index contributed by atoms with van der Waals surface area (Å²) in [5.41, 5.74) is 0. The van der Waals surface area contributed by atoms with E-state index in [1.54, 1.807) is 6.07 Å². The van der Waals surface area contributed by atoms with Crippen LogP contribution in [-0.2, 0) is 0 Å². The average Bonchev–Trinajstić information content (AvgIpc) is 2.46. The van der Waals surface area contributed by atoms with Gasteiger partial charge in [0.2, 0.25) is 0 Å². The molecule has 2 N–H and O–H groups in total. The number of aromatic hydroxyl groups is 2. The number of phenolic OH excluding ortho intramolecular Hbond substituents is 2. The van der Waals surface area contributed by atoms with Gasteiger partial charge in [0.25, 0.3) is 0 Å². The lowest BCUT2D eigenvalue weighted by atomic mass is 10.3. The maximum Gasteiger partial charge on any atom is 0.155 e. The Labute approximate surface area is 155 Å². The monoisotopic (exact) mass is 426 g/mol. The zero-order valence-electron chi connectivity index (χ0n) is 9.77. The van der Waals surface area contributed by atoms with Crippen LogP contribution in [0.4, 0.5) is 0 Å². The molecule has 0 bridgehead atoms. The Kier molecular flexibility index (Phi) is 7.35. The van der Waals surface area contributed by atoms with Crippen molar-refractivity contribution in [1.29, 1.82) is 0 Å². The van der Waals surface area contributed by atoms with Crippen LogP contribution in [0, 0.1) is 0 Å². The van der Waals surface area contributed by atoms with E-state index in [-0.39, 0.29) is 41.6 Å². The van der Waals surface area contributed by atoms with Crippen LogP contribution in [-0.4, -0.2) is 10.2 Å². The van der Waals surface area contributed by atoms with E-state index in [1.807, 2.05) is 0 Å². The van der Waals surface area contributed by atoms with Crippen LogP contribution in [0.25, 0.3) is 0 Å². The van der Waals surface area contributed by atoms with Crippen LogP contribution in [0.1, 0.15) is 0 Å². The van der Waals surface area contributed by atoms with E-state index >= 15 is 0 Å². The summed E-state index contributed by atoms with van der Waals surface area (Å²) in [5, 5.41) is 18.7. The number of rotatable bonds is 0. The van der Waals surface area contributed by atoms with Gasteiger partial charge in [0.05, 0.1) is 20.1 Å². The van der Waals surface area contributed by atoms with Crippen molar-refractivity contribution >= 4 is 81.2 Å². The fourth-order valence-corrected chi connectivity index (χ4v) is 2.61. The highest BCUT2D eigenvalue weighted by Crippen LogP contribution is 2.47. The maximum absolute atomic E-state index is 9.20. The third-order valence-electron chi connectivity index (χ3n) is 2.10. The summed E-state index contributed by atoms with van der Waals surface area (Å²) in [6.45, 7) is 0. The summed E-state index contributed by atoms with van der Waals surface area (Å²) >= 11 is 38.9. The maximum atomic E-state index is 9.20. The van der Waals surface area contributed by atoms with E-state index in [9.17, 15) is 5.11 Å². The zero-order chi connectivity index (χ0) is 16.3. The van der Waals surface area contributed by atoms with Crippen molar-refractivity contribution in [2.45, 2.75) is 0 Å². The molecule has 0 spiro atoms. The number of benzene rings is 2. The fraction of sp³-hybridized carbons (Fsp3) is 0. The van der Waals surface area contributed by atoms with Gasteiger partial charge < -0.3 is 10.2 Å². The second-order valence-electron chi connectivity index (χ2n) is 3.51. The lowest BCUT2D eigenvalue weighted by molar-refractivity contribution is 0.475. The SMILES string of the molecule is Oc1c(Cl)c(Cl)c(Cl)c(Cl)c1Cl.Oc1ccc(Cl)cc1Cl. The molecule has 0 amide bonds. The van der Waals surface area contributed by atoms with Crippen LogP contribution >= 0.6 is 81.2 Å². The van der Waals surface area contributed by atoms with Crippen molar-refractivity contribution in [3.8, 4) is 11.5 Å². The van der Waals surface area contributed by atoms with Gasteiger partial charge >= 0.3 is 0 Å². The zero-order valence-corrected chi connectivity index (χ0v) is 15.1. The normalized spacial score (nSPS) is 10.0. The van der Waals surface area contributed by atoms with E-state index in [2.05, 4.69) is 0 Å². The molecule has 2 aromatic rings. The highest BCUT2D eigenvalue weighted by atomic mass is 35.5. The third-order valence-corrected chi connectivity index (χ3v) is 4.89. The Balaban J connectivity index is 0.000000219. The van der Waals surface area contributed by atoms with Gasteiger partial charge in [0.15, 0.2) is 5.75 Å². The van der Waals surface area contributed by atoms with Crippen molar-refractivity contribution in [1.82, 2.24) is 0 Å². The minimum atomic E-state index is -0.363. The van der Waals surface area contributed by atoms with Crippen molar-refractivity contribution in [3.63, 3.8) is 0 Å². The summed E-state index contributed by atoms with van der Waals surface area (Å²) in [6, 6.07) is 4.51. The molecule has 0 fully saturated rings. The number of hydrogen-bond acceptors (Lipinski definition) is 2. The summed E-state index contributed by atoms with van der Waals surface area (Å²) < 4.78 is 0. The number of phenols is 2. The molecule has 0 heterocycles. The quantitative estimate of drug-likeness (QED) is 0.339. The first-order valence-electron chi connectivity index (χ1n) is 5.01. The van der Waals surface area contributed by atoms with Gasteiger partial charge in [-0.05, 0) is 18.2 Å². The third kappa shape index (κ3) is 4.77. The van der Waals surface area contributed by atoms with E-state index in [4.69, 9.17) is 86.3 Å². The van der Waals surface area contributed by atoms with Crippen molar-refractivity contribution in [3.05, 3.63) is 53.4 Å². The first kappa shape index (κ1) is 19.1. The molecule has 9 heteroatoms. The predicted octanol–water partition coefficient (Wildman–Crippen LogP) is 7.36. The predicted molar refractivity (Wildman–Crippen MR) is 91.3 cm³/mol. The minimum absolute atomic E-state index is 0.00904. The fourth-order valence-electron chi connectivity index (χ4n) is 1.07. The molecule has 0 radical (unpaired) electrons. The molecule has 2 nitrogen and oxygen atoms in total. The summed E-state index contributed by atoms with van der Waals surface area (Å²) in [5.74, 6) is -0.307. The van der Waals surface area contributed by atoms with Crippen LogP contribution < -0.4 is 0 Å². The second-order valence-corrected chi connectivity index (χ2v) is 6.25. The summed E-state index contributed by atoms with van der Waals surface area (Å²) in [7, 11) is 0. The topological polar surface area (TPSA) is 40.5 Å². The number of halogens is 7. The van der Waals surface area contributed by atoms with Crippen LogP contribution in [0.15, 0.2) is 18.2 Å². The first-order valence-corrected chi connectivity index (χ1v) is 7.65. The Morgan fingerprint density at radius 1 is 0.619 bits per heavy atom. The van der Waals surface area contributed by atoms with Crippen molar-refractivity contribution in [2.24, 2.45) is 0 Å². The van der Waals surface area contributed by atoms with Crippen LogP contribution in [0.3, 0.4) is 0 Å². The second kappa shape index (κ2) is 8.07. The van der Waals surface area contributed by atoms with Crippen LogP contribution in [0.5, 0.6) is 11.5 Å². The molecular weight excluding hydrogens is 424 g/mol. The molecule has 0 aromatic heterocycles. The highest BCUT2D eigenvalue weighted by molar-refractivity contribution is 6.55. The molecule has 0 aliphatic heterocycles. The first-order chi connectivity index (χ1) is 9.66. The number of hydrogen-bond donors (Lipinski definition) is 2. The van der Waals surface area contributed by atoms with Crippen molar-refractivity contribution in [2.75, 3.05) is 0 Å². The molecule has 2 rings (SSSR count). The summed E-state index contributed by atoms with van der Waals surface area (Å²) in [6.07, 6.45) is 0. The molecule has 0 aliphatic carbocycles. The van der Waals surface area contributed by atoms with Gasteiger partial charge in [-0.25, -0.2) is 0 Å². The van der Waals surface area contributed by atoms with Crippen molar-refractivity contribution < 1.29 is 10.2 Å². The molecule has 0 saturated carbocycles. The molecule has 0 aliphatic rings. The smallest absolute Gasteiger partial charge is 0.155 e. The molecule has 2 aromatic carbocycles. The molecular formula is C12H5Cl7O2. The van der Waals surface area contributed by atoms with Gasteiger partial charge in [0, 0.05) is 5.02 Å². The van der Waals surface area contributed by atoms with Gasteiger partial charge in [-0.2, -0.15) is 0 Å². The van der Waals surface area contributed by atoms with Gasteiger partial charge in [0.1, 0.15) is 15.8 Å². The molecule has 0 unspecified atom stereocenters. The Bertz CT molecular complexity index is 568. The van der Waals surface area contributed by atoms with Gasteiger partial charge in [-0.15, -0.1) is 0 Å². The van der Waals surface area contributed by atoms with E-state index in [0.29, 0.717) is 5.02 Å². The van der Waals surface area contributed by atoms with E-state index in [1.165, 1.54) is 12.1 Å². The highest BCUT2D eigenvalue weighted by Gasteiger charge is 2.18. The van der Waals surface area contributed by atoms with E-state index in [0.717, 1.165) is 0 Å². The Morgan fingerprint density at radius 3 is 1.43 bits per heavy atom. The Hall–Kier alpha value is 0.0700. The molecule has 114 valence electrons. The van der Waals surface area contributed by atoms with E-state index < -0.39 is 0 Å². The Morgan fingerprint density at radius 2 is 1.05 bits per heavy atom. The van der Waals surface area contributed by atoms with Crippen LogP contribution in [0.2, 0.25) is 35.2 Å². The average molecular weight is 429 g/mol. The minimum Gasteiger partial charge on any atom is -0.506 e. The lowest BCUT2D eigenvalue weighted by Crippen LogP contribution is -1.78.